The molecule has 2 aromatic carbocycles. The van der Waals surface area contributed by atoms with E-state index in [0.717, 1.165) is 6.54 Å². The molecule has 20 heavy (non-hydrogen) atoms. The molecule has 0 atom stereocenters. The predicted molar refractivity (Wildman–Crippen MR) is 92.7 cm³/mol. The SMILES string of the molecule is C=CCN1B(c2ccccc2)C(Br)=Cc2ccccc21. The molecule has 0 amide bonds. The zero-order valence-electron chi connectivity index (χ0n) is 11.2. The Morgan fingerprint density at radius 3 is 2.50 bits per heavy atom. The van der Waals surface area contributed by atoms with Crippen molar-refractivity contribution in [3.63, 3.8) is 0 Å². The first-order valence-corrected chi connectivity index (χ1v) is 7.49. The van der Waals surface area contributed by atoms with E-state index >= 15 is 0 Å². The third kappa shape index (κ3) is 2.34. The monoisotopic (exact) mass is 323 g/mol. The maximum absolute atomic E-state index is 3.90. The average Bonchev–Trinajstić information content (AvgIpc) is 2.48. The second-order valence-electron chi connectivity index (χ2n) is 4.84. The summed E-state index contributed by atoms with van der Waals surface area (Å²) in [6.07, 6.45) is 4.17. The highest BCUT2D eigenvalue weighted by Gasteiger charge is 2.32. The molecular weight excluding hydrogens is 309 g/mol. The van der Waals surface area contributed by atoms with E-state index in [0.29, 0.717) is 0 Å². The van der Waals surface area contributed by atoms with Crippen molar-refractivity contribution >= 4 is 40.0 Å². The molecule has 0 saturated carbocycles. The first kappa shape index (κ1) is 13.3. The Labute approximate surface area is 128 Å². The summed E-state index contributed by atoms with van der Waals surface area (Å²) >= 11 is 3.76. The minimum atomic E-state index is 0.212. The van der Waals surface area contributed by atoms with Gasteiger partial charge in [-0.2, -0.15) is 0 Å². The highest BCUT2D eigenvalue weighted by atomic mass is 79.9. The molecule has 3 rings (SSSR count). The van der Waals surface area contributed by atoms with E-state index in [9.17, 15) is 0 Å². The van der Waals surface area contributed by atoms with E-state index in [2.05, 4.69) is 88.0 Å². The third-order valence-corrected chi connectivity index (χ3v) is 4.22. The molecule has 1 nitrogen and oxygen atoms in total. The average molecular weight is 324 g/mol. The summed E-state index contributed by atoms with van der Waals surface area (Å²) in [6, 6.07) is 19.0. The second kappa shape index (κ2) is 5.72. The molecule has 98 valence electrons. The summed E-state index contributed by atoms with van der Waals surface area (Å²) in [6.45, 7) is 4.94. The molecule has 1 aliphatic heterocycles. The Kier molecular flexibility index (Phi) is 3.79. The van der Waals surface area contributed by atoms with E-state index in [1.807, 2.05) is 6.08 Å². The fourth-order valence-electron chi connectivity index (χ4n) is 2.70. The van der Waals surface area contributed by atoms with Crippen molar-refractivity contribution in [1.82, 2.24) is 0 Å². The van der Waals surface area contributed by atoms with Crippen molar-refractivity contribution in [3.05, 3.63) is 77.2 Å². The standard InChI is InChI=1S/C17H15BBrN/c1-2-12-20-16-11-7-6-8-14(16)13-17(19)18(20)15-9-4-3-5-10-15/h2-11,13H,1,12H2. The lowest BCUT2D eigenvalue weighted by atomic mass is 9.52. The van der Waals surface area contributed by atoms with Crippen LogP contribution in [0.5, 0.6) is 0 Å². The summed E-state index contributed by atoms with van der Waals surface area (Å²) in [5.74, 6) is 0. The molecule has 3 heteroatoms. The molecule has 0 unspecified atom stereocenters. The van der Waals surface area contributed by atoms with Gasteiger partial charge in [-0.25, -0.2) is 0 Å². The first-order valence-electron chi connectivity index (χ1n) is 6.70. The van der Waals surface area contributed by atoms with Crippen LogP contribution in [0.25, 0.3) is 6.08 Å². The summed E-state index contributed by atoms with van der Waals surface area (Å²) in [5.41, 5.74) is 3.78. The minimum Gasteiger partial charge on any atom is -0.403 e. The summed E-state index contributed by atoms with van der Waals surface area (Å²) < 4.78 is 1.18. The lowest BCUT2D eigenvalue weighted by Crippen LogP contribution is -2.50. The van der Waals surface area contributed by atoms with Crippen molar-refractivity contribution in [2.75, 3.05) is 11.4 Å². The lowest BCUT2D eigenvalue weighted by molar-refractivity contribution is 1.16. The number of fused-ring (bicyclic) bond motifs is 1. The highest BCUT2D eigenvalue weighted by Crippen LogP contribution is 2.32. The van der Waals surface area contributed by atoms with E-state index in [1.54, 1.807) is 0 Å². The van der Waals surface area contributed by atoms with E-state index in [-0.39, 0.29) is 6.85 Å². The van der Waals surface area contributed by atoms with Crippen LogP contribution in [0.1, 0.15) is 5.56 Å². The number of halogens is 1. The van der Waals surface area contributed by atoms with Crippen LogP contribution in [-0.2, 0) is 0 Å². The topological polar surface area (TPSA) is 3.24 Å². The Bertz CT molecular complexity index is 651. The van der Waals surface area contributed by atoms with Crippen LogP contribution in [-0.4, -0.2) is 13.4 Å². The Morgan fingerprint density at radius 2 is 1.75 bits per heavy atom. The van der Waals surface area contributed by atoms with Crippen LogP contribution in [0, 0.1) is 0 Å². The largest absolute Gasteiger partial charge is 0.403 e. The number of para-hydroxylation sites is 1. The molecule has 0 radical (unpaired) electrons. The van der Waals surface area contributed by atoms with Crippen molar-refractivity contribution in [1.29, 1.82) is 0 Å². The van der Waals surface area contributed by atoms with Crippen LogP contribution in [0.15, 0.2) is 71.6 Å². The molecule has 1 heterocycles. The summed E-state index contributed by atoms with van der Waals surface area (Å²) in [4.78, 5) is 2.38. The normalized spacial score (nSPS) is 13.8. The van der Waals surface area contributed by atoms with Crippen LogP contribution in [0.4, 0.5) is 5.69 Å². The van der Waals surface area contributed by atoms with Crippen LogP contribution >= 0.6 is 15.9 Å². The molecule has 0 saturated heterocycles. The predicted octanol–water partition coefficient (Wildman–Crippen LogP) is 3.87. The van der Waals surface area contributed by atoms with Crippen LogP contribution in [0.3, 0.4) is 0 Å². The molecule has 0 fully saturated rings. The molecule has 0 aromatic heterocycles. The van der Waals surface area contributed by atoms with Crippen LogP contribution in [0.2, 0.25) is 0 Å². The molecule has 0 spiro atoms. The van der Waals surface area contributed by atoms with Gasteiger partial charge in [-0.3, -0.25) is 0 Å². The van der Waals surface area contributed by atoms with Gasteiger partial charge in [-0.1, -0.05) is 76.0 Å². The third-order valence-electron chi connectivity index (χ3n) is 3.55. The smallest absolute Gasteiger partial charge is 0.331 e. The van der Waals surface area contributed by atoms with Gasteiger partial charge in [0.1, 0.15) is 0 Å². The Hall–Kier alpha value is -1.74. The van der Waals surface area contributed by atoms with Gasteiger partial charge < -0.3 is 4.81 Å². The van der Waals surface area contributed by atoms with Crippen molar-refractivity contribution in [3.8, 4) is 0 Å². The zero-order valence-corrected chi connectivity index (χ0v) is 12.8. The molecule has 0 aliphatic carbocycles. The number of benzene rings is 2. The van der Waals surface area contributed by atoms with Gasteiger partial charge in [0.15, 0.2) is 0 Å². The maximum atomic E-state index is 3.90. The highest BCUT2D eigenvalue weighted by molar-refractivity contribution is 9.12. The molecular formula is C17H15BBrN. The summed E-state index contributed by atoms with van der Waals surface area (Å²) in [7, 11) is 0. The Morgan fingerprint density at radius 1 is 1.05 bits per heavy atom. The van der Waals surface area contributed by atoms with E-state index < -0.39 is 0 Å². The second-order valence-corrected chi connectivity index (χ2v) is 5.76. The van der Waals surface area contributed by atoms with Gasteiger partial charge in [0.05, 0.1) is 0 Å². The van der Waals surface area contributed by atoms with Gasteiger partial charge in [0, 0.05) is 12.2 Å². The molecule has 2 aromatic rings. The van der Waals surface area contributed by atoms with Gasteiger partial charge in [-0.15, -0.1) is 6.58 Å². The lowest BCUT2D eigenvalue weighted by Gasteiger charge is -2.35. The fraction of sp³-hybridized carbons (Fsp3) is 0.0588. The number of nitrogens with zero attached hydrogens (tertiary/aromatic N) is 1. The molecule has 1 aliphatic rings. The van der Waals surface area contributed by atoms with E-state index in [4.69, 9.17) is 0 Å². The van der Waals surface area contributed by atoms with Crippen molar-refractivity contribution < 1.29 is 0 Å². The van der Waals surface area contributed by atoms with E-state index in [1.165, 1.54) is 21.1 Å². The fourth-order valence-corrected chi connectivity index (χ4v) is 3.46. The minimum absolute atomic E-state index is 0.212. The number of hydrogen-bond donors (Lipinski definition) is 0. The zero-order chi connectivity index (χ0) is 13.9. The number of rotatable bonds is 3. The van der Waals surface area contributed by atoms with Gasteiger partial charge in [-0.05, 0) is 22.1 Å². The maximum Gasteiger partial charge on any atom is 0.331 e. The van der Waals surface area contributed by atoms with Gasteiger partial charge in [0.25, 0.3) is 0 Å². The van der Waals surface area contributed by atoms with Gasteiger partial charge in [0.2, 0.25) is 0 Å². The Balaban J connectivity index is 2.12. The number of anilines is 1. The van der Waals surface area contributed by atoms with Crippen molar-refractivity contribution in [2.24, 2.45) is 0 Å². The van der Waals surface area contributed by atoms with Gasteiger partial charge >= 0.3 is 6.85 Å². The first-order chi connectivity index (χ1) is 9.81. The van der Waals surface area contributed by atoms with Crippen molar-refractivity contribution in [2.45, 2.75) is 0 Å². The molecule has 0 bridgehead atoms. The number of hydrogen-bond acceptors (Lipinski definition) is 1. The van der Waals surface area contributed by atoms with Crippen LogP contribution < -0.4 is 10.3 Å². The quantitative estimate of drug-likeness (QED) is 0.612. The summed E-state index contributed by atoms with van der Waals surface area (Å²) in [5, 5.41) is 0. The molecule has 0 N–H and O–H groups in total.